The number of nitrogens with zero attached hydrogens (tertiary/aromatic N) is 2. The number of fused-ring (bicyclic) bond motifs is 1. The molecule has 3 aromatic rings. The van der Waals surface area contributed by atoms with Crippen LogP contribution in [0, 0.1) is 0 Å². The van der Waals surface area contributed by atoms with Crippen molar-refractivity contribution in [3.63, 3.8) is 0 Å². The maximum absolute atomic E-state index is 7.31. The van der Waals surface area contributed by atoms with E-state index in [0.717, 1.165) is 15.7 Å². The van der Waals surface area contributed by atoms with Crippen LogP contribution in [0.2, 0.25) is 0 Å². The first-order chi connectivity index (χ1) is 12.5. The fourth-order valence-electron chi connectivity index (χ4n) is 3.97. The topological polar surface area (TPSA) is 29.3 Å². The van der Waals surface area contributed by atoms with E-state index in [1.807, 2.05) is 0 Å². The summed E-state index contributed by atoms with van der Waals surface area (Å²) in [7, 11) is -0.230. The molecule has 0 fully saturated rings. The molecule has 2 N–H and O–H groups in total. The molecule has 0 spiro atoms. The molecule has 1 heterocycles. The van der Waals surface area contributed by atoms with Crippen molar-refractivity contribution >= 4 is 52.3 Å². The van der Waals surface area contributed by atoms with E-state index in [9.17, 15) is 0 Å². The first-order valence-corrected chi connectivity index (χ1v) is 12.1. The van der Waals surface area contributed by atoms with Crippen molar-refractivity contribution in [1.82, 2.24) is 2.70 Å². The van der Waals surface area contributed by atoms with Gasteiger partial charge < -0.3 is 0 Å². The van der Waals surface area contributed by atoms with Gasteiger partial charge in [-0.3, -0.25) is 0 Å². The normalized spacial score (nSPS) is 20.0. The van der Waals surface area contributed by atoms with Gasteiger partial charge >= 0.3 is 170 Å². The Morgan fingerprint density at radius 3 is 1.96 bits per heavy atom. The fraction of sp³-hybridized carbons (Fsp3) is 0.143. The molecule has 1 aliphatic heterocycles. The summed E-state index contributed by atoms with van der Waals surface area (Å²) >= 11 is 2.60. The molecule has 0 saturated carbocycles. The van der Waals surface area contributed by atoms with E-state index in [-0.39, 0.29) is 0 Å². The minimum atomic E-state index is -2.40. The van der Waals surface area contributed by atoms with Gasteiger partial charge in [-0.1, -0.05) is 0 Å². The molecular weight excluding hydrogens is 452 g/mol. The third-order valence-electron chi connectivity index (χ3n) is 5.24. The Bertz CT molecular complexity index is 864. The third kappa shape index (κ3) is 3.05. The fourth-order valence-corrected chi connectivity index (χ4v) is 9.78. The Morgan fingerprint density at radius 1 is 0.885 bits per heavy atom. The van der Waals surface area contributed by atoms with Gasteiger partial charge in [0.1, 0.15) is 0 Å². The van der Waals surface area contributed by atoms with E-state index in [1.54, 1.807) is 0 Å². The van der Waals surface area contributed by atoms with E-state index in [4.69, 9.17) is 5.50 Å². The van der Waals surface area contributed by atoms with Gasteiger partial charge in [0.15, 0.2) is 0 Å². The van der Waals surface area contributed by atoms with Gasteiger partial charge in [-0.2, -0.15) is 0 Å². The molecule has 0 aromatic heterocycles. The maximum atomic E-state index is 7.31. The molecule has 134 valence electrons. The Morgan fingerprint density at radius 2 is 1.38 bits per heavy atom. The van der Waals surface area contributed by atoms with Crippen LogP contribution in [0.3, 0.4) is 0 Å². The van der Waals surface area contributed by atoms with Crippen LogP contribution in [0.1, 0.15) is 0 Å². The van der Waals surface area contributed by atoms with Crippen molar-refractivity contribution in [2.75, 3.05) is 24.9 Å². The van der Waals surface area contributed by atoms with Gasteiger partial charge in [-0.25, -0.2) is 0 Å². The third-order valence-corrected chi connectivity index (χ3v) is 10.8. The van der Waals surface area contributed by atoms with Crippen LogP contribution in [-0.2, 0) is 0 Å². The molecule has 0 amide bonds. The second kappa shape index (κ2) is 6.93. The summed E-state index contributed by atoms with van der Waals surface area (Å²) in [6.07, 6.45) is 0.920. The molecule has 3 aromatic carbocycles. The Kier molecular flexibility index (Phi) is 4.78. The summed E-state index contributed by atoms with van der Waals surface area (Å²) in [6.45, 7) is 0.936. The van der Waals surface area contributed by atoms with Gasteiger partial charge in [0.2, 0.25) is 0 Å². The number of hydrogen-bond acceptors (Lipinski definition) is 2. The summed E-state index contributed by atoms with van der Waals surface area (Å²) in [5.41, 5.74) is 9.96. The number of quaternary nitrogens is 1. The summed E-state index contributed by atoms with van der Waals surface area (Å²) in [4.78, 5) is 2.34. The SMILES string of the molecule is CN1C[N+](I)(C[PH](N)(c2ccccc2)c2ccccc2)c2ccccc21. The van der Waals surface area contributed by atoms with Crippen LogP contribution in [0.4, 0.5) is 11.4 Å². The van der Waals surface area contributed by atoms with Crippen molar-refractivity contribution in [3.05, 3.63) is 84.9 Å². The molecule has 0 saturated heterocycles. The molecule has 0 bridgehead atoms. The number of rotatable bonds is 4. The van der Waals surface area contributed by atoms with Crippen LogP contribution in [-0.4, -0.2) is 20.0 Å². The number of nitrogens with two attached hydrogens (primary N) is 1. The summed E-state index contributed by atoms with van der Waals surface area (Å²) in [6, 6.07) is 30.1. The molecule has 4 rings (SSSR count). The quantitative estimate of drug-likeness (QED) is 0.351. The molecule has 1 unspecified atom stereocenters. The average molecular weight is 476 g/mol. The summed E-state index contributed by atoms with van der Waals surface area (Å²) in [5.74, 6) is 0. The van der Waals surface area contributed by atoms with Crippen molar-refractivity contribution in [1.29, 1.82) is 0 Å². The number of anilines is 1. The number of benzene rings is 3. The number of para-hydroxylation sites is 2. The Hall–Kier alpha value is -1.46. The van der Waals surface area contributed by atoms with Crippen LogP contribution in [0.25, 0.3) is 0 Å². The Balaban J connectivity index is 1.82. The molecular formula is C21H24IN3P+. The molecule has 26 heavy (non-hydrogen) atoms. The molecule has 5 heteroatoms. The predicted molar refractivity (Wildman–Crippen MR) is 125 cm³/mol. The number of hydrogen-bond donors (Lipinski definition) is 1. The van der Waals surface area contributed by atoms with Crippen molar-refractivity contribution in [3.8, 4) is 0 Å². The zero-order chi connectivity index (χ0) is 18.2. The van der Waals surface area contributed by atoms with Gasteiger partial charge in [0.05, 0.1) is 0 Å². The molecule has 0 aliphatic carbocycles. The van der Waals surface area contributed by atoms with Crippen molar-refractivity contribution in [2.24, 2.45) is 5.50 Å². The zero-order valence-corrected chi connectivity index (χ0v) is 18.0. The number of halogens is 1. The second-order valence-corrected chi connectivity index (χ2v) is 12.3. The van der Waals surface area contributed by atoms with Crippen LogP contribution >= 0.6 is 30.3 Å². The standard InChI is InChI=1S/C21H24IN3P/c1-24-16-25(22,21-15-9-8-14-20(21)24)17-26(23,18-10-4-2-5-11-18)19-12-6-3-7-13-19/h2-15,26H,16-17,23H2,1H3/q+1. The van der Waals surface area contributed by atoms with Gasteiger partial charge in [0.25, 0.3) is 0 Å². The van der Waals surface area contributed by atoms with Gasteiger partial charge in [0, 0.05) is 0 Å². The minimum absolute atomic E-state index is 0.816. The summed E-state index contributed by atoms with van der Waals surface area (Å²) in [5, 5.41) is 2.57. The molecule has 1 aliphatic rings. The van der Waals surface area contributed by atoms with Crippen LogP contribution in [0.15, 0.2) is 84.9 Å². The van der Waals surface area contributed by atoms with Crippen molar-refractivity contribution < 1.29 is 0 Å². The van der Waals surface area contributed by atoms with Crippen molar-refractivity contribution in [2.45, 2.75) is 0 Å². The van der Waals surface area contributed by atoms with E-state index >= 15 is 0 Å². The Labute approximate surface area is 169 Å². The molecule has 3 nitrogen and oxygen atoms in total. The van der Waals surface area contributed by atoms with E-state index in [1.165, 1.54) is 22.0 Å². The second-order valence-electron chi connectivity index (χ2n) is 7.05. The predicted octanol–water partition coefficient (Wildman–Crippen LogP) is 3.98. The van der Waals surface area contributed by atoms with E-state index < -0.39 is 7.41 Å². The molecule has 0 radical (unpaired) electrons. The average Bonchev–Trinajstić information content (AvgIpc) is 2.93. The van der Waals surface area contributed by atoms with Gasteiger partial charge in [-0.15, -0.1) is 0 Å². The monoisotopic (exact) mass is 476 g/mol. The first kappa shape index (κ1) is 17.9. The van der Waals surface area contributed by atoms with Gasteiger partial charge in [-0.05, 0) is 0 Å². The first-order valence-electron chi connectivity index (χ1n) is 8.80. The zero-order valence-electron chi connectivity index (χ0n) is 14.8. The van der Waals surface area contributed by atoms with E-state index in [2.05, 4.69) is 120 Å². The van der Waals surface area contributed by atoms with E-state index in [0.29, 0.717) is 0 Å². The van der Waals surface area contributed by atoms with Crippen LogP contribution < -0.4 is 23.7 Å². The molecule has 1 atom stereocenters. The van der Waals surface area contributed by atoms with Crippen LogP contribution in [0.5, 0.6) is 0 Å². The summed E-state index contributed by atoms with van der Waals surface area (Å²) < 4.78 is 0.816.